The Labute approximate surface area is 132 Å². The number of aromatic nitrogens is 3. The third-order valence-electron chi connectivity index (χ3n) is 3.65. The molecule has 1 aliphatic rings. The average Bonchev–Trinajstić information content (AvgIpc) is 3.02. The fourth-order valence-corrected chi connectivity index (χ4v) is 2.38. The van der Waals surface area contributed by atoms with Crippen molar-refractivity contribution in [3.05, 3.63) is 47.8 Å². The molecule has 1 aliphatic heterocycles. The van der Waals surface area contributed by atoms with Crippen molar-refractivity contribution >= 4 is 0 Å². The van der Waals surface area contributed by atoms with E-state index in [9.17, 15) is 15.3 Å². The van der Waals surface area contributed by atoms with E-state index in [2.05, 4.69) is 10.3 Å². The summed E-state index contributed by atoms with van der Waals surface area (Å²) in [5.41, 5.74) is 1.64. The molecule has 0 unspecified atom stereocenters. The van der Waals surface area contributed by atoms with Crippen molar-refractivity contribution in [3.8, 4) is 0 Å². The average molecular weight is 321 g/mol. The number of benzene rings is 1. The molecule has 0 spiro atoms. The first kappa shape index (κ1) is 16.0. The summed E-state index contributed by atoms with van der Waals surface area (Å²) in [5, 5.41) is 36.9. The third-order valence-corrected chi connectivity index (χ3v) is 3.65. The van der Waals surface area contributed by atoms with Crippen LogP contribution in [0.25, 0.3) is 0 Å². The highest BCUT2D eigenvalue weighted by molar-refractivity contribution is 5.13. The quantitative estimate of drug-likeness (QED) is 0.688. The lowest BCUT2D eigenvalue weighted by Gasteiger charge is -2.34. The molecule has 2 aromatic rings. The molecule has 4 atom stereocenters. The maximum Gasteiger partial charge on any atom is 0.180 e. The van der Waals surface area contributed by atoms with Gasteiger partial charge in [0.25, 0.3) is 0 Å². The van der Waals surface area contributed by atoms with Gasteiger partial charge in [0, 0.05) is 0 Å². The predicted molar refractivity (Wildman–Crippen MR) is 78.0 cm³/mol. The number of aliphatic hydroxyl groups excluding tert-OH is 3. The Kier molecular flexibility index (Phi) is 4.99. The predicted octanol–water partition coefficient (Wildman–Crippen LogP) is -0.394. The molecule has 0 radical (unpaired) electrons. The van der Waals surface area contributed by atoms with E-state index in [0.29, 0.717) is 12.3 Å². The van der Waals surface area contributed by atoms with Crippen LogP contribution in [-0.4, -0.2) is 55.2 Å². The molecule has 0 aliphatic carbocycles. The van der Waals surface area contributed by atoms with Gasteiger partial charge in [-0.15, -0.1) is 5.10 Å². The SMILES string of the molecule is O[C@@H]1[C@@H](O)[C@@H](n2cc(COCc3ccccc3)nn2)OC[C@H]1O. The van der Waals surface area contributed by atoms with E-state index >= 15 is 0 Å². The molecular formula is C15H19N3O5. The zero-order chi connectivity index (χ0) is 16.2. The first-order valence-corrected chi connectivity index (χ1v) is 7.33. The zero-order valence-electron chi connectivity index (χ0n) is 12.4. The molecule has 1 aromatic carbocycles. The molecule has 124 valence electrons. The van der Waals surface area contributed by atoms with Crippen LogP contribution in [-0.2, 0) is 22.7 Å². The van der Waals surface area contributed by atoms with Gasteiger partial charge in [0.1, 0.15) is 24.0 Å². The zero-order valence-corrected chi connectivity index (χ0v) is 12.4. The summed E-state index contributed by atoms with van der Waals surface area (Å²) in [6.45, 7) is 0.645. The van der Waals surface area contributed by atoms with Gasteiger partial charge in [0.2, 0.25) is 0 Å². The van der Waals surface area contributed by atoms with Crippen LogP contribution in [0.5, 0.6) is 0 Å². The van der Waals surface area contributed by atoms with Gasteiger partial charge in [-0.25, -0.2) is 4.68 Å². The fraction of sp³-hybridized carbons (Fsp3) is 0.467. The number of nitrogens with zero attached hydrogens (tertiary/aromatic N) is 3. The minimum Gasteiger partial charge on any atom is -0.388 e. The first-order valence-electron chi connectivity index (χ1n) is 7.33. The first-order chi connectivity index (χ1) is 11.1. The van der Waals surface area contributed by atoms with E-state index in [1.165, 1.54) is 4.68 Å². The van der Waals surface area contributed by atoms with Gasteiger partial charge in [0.05, 0.1) is 26.0 Å². The smallest absolute Gasteiger partial charge is 0.180 e. The normalized spacial score (nSPS) is 28.0. The Morgan fingerprint density at radius 1 is 1.13 bits per heavy atom. The standard InChI is InChI=1S/C15H19N3O5/c19-12-9-23-15(14(21)13(12)20)18-6-11(16-17-18)8-22-7-10-4-2-1-3-5-10/h1-6,12-15,19-21H,7-9H2/t12-,13+,14-,15+/m1/s1. The van der Waals surface area contributed by atoms with Crippen LogP contribution in [0.15, 0.2) is 36.5 Å². The van der Waals surface area contributed by atoms with Crippen LogP contribution >= 0.6 is 0 Å². The second-order valence-electron chi connectivity index (χ2n) is 5.44. The summed E-state index contributed by atoms with van der Waals surface area (Å²) in [6, 6.07) is 9.76. The van der Waals surface area contributed by atoms with E-state index < -0.39 is 24.5 Å². The molecule has 23 heavy (non-hydrogen) atoms. The highest BCUT2D eigenvalue weighted by atomic mass is 16.5. The summed E-state index contributed by atoms with van der Waals surface area (Å²) in [5.74, 6) is 0. The van der Waals surface area contributed by atoms with Crippen molar-refractivity contribution < 1.29 is 24.8 Å². The van der Waals surface area contributed by atoms with Crippen molar-refractivity contribution in [1.82, 2.24) is 15.0 Å². The van der Waals surface area contributed by atoms with E-state index in [0.717, 1.165) is 5.56 Å². The van der Waals surface area contributed by atoms with Gasteiger partial charge in [-0.2, -0.15) is 0 Å². The summed E-state index contributed by atoms with van der Waals surface area (Å²) in [7, 11) is 0. The summed E-state index contributed by atoms with van der Waals surface area (Å²) in [4.78, 5) is 0. The van der Waals surface area contributed by atoms with Crippen molar-refractivity contribution in [2.45, 2.75) is 37.8 Å². The highest BCUT2D eigenvalue weighted by Crippen LogP contribution is 2.23. The maximum absolute atomic E-state index is 9.94. The van der Waals surface area contributed by atoms with E-state index in [-0.39, 0.29) is 13.2 Å². The lowest BCUT2D eigenvalue weighted by Crippen LogP contribution is -2.50. The van der Waals surface area contributed by atoms with E-state index in [1.54, 1.807) is 6.20 Å². The molecule has 0 saturated carbocycles. The molecule has 2 heterocycles. The molecule has 3 rings (SSSR count). The van der Waals surface area contributed by atoms with Crippen LogP contribution < -0.4 is 0 Å². The molecule has 8 nitrogen and oxygen atoms in total. The van der Waals surface area contributed by atoms with Crippen LogP contribution in [0.2, 0.25) is 0 Å². The molecule has 0 amide bonds. The monoisotopic (exact) mass is 321 g/mol. The number of aliphatic hydroxyl groups is 3. The van der Waals surface area contributed by atoms with Crippen LogP contribution in [0.1, 0.15) is 17.5 Å². The molecule has 8 heteroatoms. The van der Waals surface area contributed by atoms with E-state index in [1.807, 2.05) is 30.3 Å². The molecule has 1 fully saturated rings. The second-order valence-corrected chi connectivity index (χ2v) is 5.44. The molecular weight excluding hydrogens is 302 g/mol. The van der Waals surface area contributed by atoms with Crippen LogP contribution in [0, 0.1) is 0 Å². The fourth-order valence-electron chi connectivity index (χ4n) is 2.38. The van der Waals surface area contributed by atoms with E-state index in [4.69, 9.17) is 9.47 Å². The number of hydrogen-bond donors (Lipinski definition) is 3. The summed E-state index contributed by atoms with van der Waals surface area (Å²) in [6.07, 6.45) is -2.97. The van der Waals surface area contributed by atoms with Crippen molar-refractivity contribution in [1.29, 1.82) is 0 Å². The number of ether oxygens (including phenoxy) is 2. The number of rotatable bonds is 5. The number of hydrogen-bond acceptors (Lipinski definition) is 7. The second kappa shape index (κ2) is 7.16. The van der Waals surface area contributed by atoms with Gasteiger partial charge in [0.15, 0.2) is 6.23 Å². The van der Waals surface area contributed by atoms with Crippen molar-refractivity contribution in [2.24, 2.45) is 0 Å². The van der Waals surface area contributed by atoms with Crippen LogP contribution in [0.3, 0.4) is 0 Å². The molecule has 3 N–H and O–H groups in total. The lowest BCUT2D eigenvalue weighted by atomic mass is 10.0. The Bertz CT molecular complexity index is 621. The van der Waals surface area contributed by atoms with Gasteiger partial charge in [-0.1, -0.05) is 35.5 Å². The Balaban J connectivity index is 1.56. The minimum atomic E-state index is -1.28. The van der Waals surface area contributed by atoms with Gasteiger partial charge in [-0.05, 0) is 5.56 Å². The Hall–Kier alpha value is -1.84. The molecule has 0 bridgehead atoms. The summed E-state index contributed by atoms with van der Waals surface area (Å²) < 4.78 is 12.2. The third kappa shape index (κ3) is 3.74. The topological polar surface area (TPSA) is 110 Å². The van der Waals surface area contributed by atoms with Gasteiger partial charge >= 0.3 is 0 Å². The Morgan fingerprint density at radius 2 is 1.91 bits per heavy atom. The van der Waals surface area contributed by atoms with Gasteiger partial charge < -0.3 is 24.8 Å². The largest absolute Gasteiger partial charge is 0.388 e. The molecule has 1 aromatic heterocycles. The van der Waals surface area contributed by atoms with Crippen LogP contribution in [0.4, 0.5) is 0 Å². The summed E-state index contributed by atoms with van der Waals surface area (Å²) >= 11 is 0. The Morgan fingerprint density at radius 3 is 2.70 bits per heavy atom. The highest BCUT2D eigenvalue weighted by Gasteiger charge is 2.39. The molecule has 1 saturated heterocycles. The maximum atomic E-state index is 9.94. The van der Waals surface area contributed by atoms with Crippen molar-refractivity contribution in [2.75, 3.05) is 6.61 Å². The van der Waals surface area contributed by atoms with Crippen molar-refractivity contribution in [3.63, 3.8) is 0 Å². The lowest BCUT2D eigenvalue weighted by molar-refractivity contribution is -0.214. The minimum absolute atomic E-state index is 0.0808. The van der Waals surface area contributed by atoms with Gasteiger partial charge in [-0.3, -0.25) is 0 Å².